The van der Waals surface area contributed by atoms with Crippen LogP contribution in [0.5, 0.6) is 0 Å². The highest BCUT2D eigenvalue weighted by atomic mass is 19.4. The molecule has 11 heteroatoms. The van der Waals surface area contributed by atoms with Crippen LogP contribution in [-0.4, -0.2) is 32.0 Å². The van der Waals surface area contributed by atoms with Gasteiger partial charge in [0.15, 0.2) is 11.5 Å². The summed E-state index contributed by atoms with van der Waals surface area (Å²) < 4.78 is 85.0. The van der Waals surface area contributed by atoms with Gasteiger partial charge in [-0.2, -0.15) is 31.4 Å². The number of benzene rings is 2. The molecule has 2 heterocycles. The molecular weight excluding hydrogens is 560 g/mol. The number of aromatic nitrogens is 3. The largest absolute Gasteiger partial charge is 0.478 e. The van der Waals surface area contributed by atoms with Crippen LogP contribution < -0.4 is 0 Å². The number of aromatic carboxylic acids is 1. The summed E-state index contributed by atoms with van der Waals surface area (Å²) in [5.74, 6) is -2.08. The second kappa shape index (κ2) is 11.0. The molecule has 1 aliphatic rings. The molecule has 0 amide bonds. The molecule has 216 valence electrons. The third-order valence-corrected chi connectivity index (χ3v) is 7.29. The molecule has 0 saturated heterocycles. The number of nitrogens with zero attached hydrogens (tertiary/aromatic N) is 3. The lowest BCUT2D eigenvalue weighted by molar-refractivity contribution is -0.207. The zero-order chi connectivity index (χ0) is 30.1. The normalized spacial score (nSPS) is 17.2. The minimum Gasteiger partial charge on any atom is -0.478 e. The quantitative estimate of drug-likeness (QED) is 0.223. The van der Waals surface area contributed by atoms with Crippen molar-refractivity contribution in [1.29, 1.82) is 0 Å². The van der Waals surface area contributed by atoms with Crippen LogP contribution in [0.1, 0.15) is 40.0 Å². The number of aryl methyl sites for hydroxylation is 1. The lowest BCUT2D eigenvalue weighted by Crippen LogP contribution is -2.37. The second-order valence-electron chi connectivity index (χ2n) is 9.88. The summed E-state index contributed by atoms with van der Waals surface area (Å²) in [6.07, 6.45) is -5.14. The van der Waals surface area contributed by atoms with Crippen molar-refractivity contribution in [1.82, 2.24) is 14.8 Å². The van der Waals surface area contributed by atoms with Gasteiger partial charge in [0.1, 0.15) is 5.56 Å². The third-order valence-electron chi connectivity index (χ3n) is 7.29. The van der Waals surface area contributed by atoms with E-state index in [0.717, 1.165) is 5.56 Å². The van der Waals surface area contributed by atoms with E-state index < -0.39 is 35.0 Å². The summed E-state index contributed by atoms with van der Waals surface area (Å²) in [7, 11) is 0. The van der Waals surface area contributed by atoms with E-state index in [2.05, 4.69) is 10.1 Å². The van der Waals surface area contributed by atoms with Crippen LogP contribution >= 0.6 is 0 Å². The number of carboxylic acids is 1. The molecule has 4 aromatic rings. The number of carboxylic acid groups (broad SMARTS) is 1. The standard InChI is InChI=1S/C31H23F6N3O2/c32-30(33,34)27-24(28(41)42)19-38-40(27)26-12-6-11-25(39-26)23-10-5-4-9-22(23)15-18-29(31(35,36)37)16-13-21(14-17-29)20-7-2-1-3-8-20/h1-14,16,19H,15,17-18H2,(H,41,42). The summed E-state index contributed by atoms with van der Waals surface area (Å²) in [4.78, 5) is 15.7. The van der Waals surface area contributed by atoms with Gasteiger partial charge in [-0.05, 0) is 48.1 Å². The van der Waals surface area contributed by atoms with Gasteiger partial charge in [-0.1, -0.05) is 78.9 Å². The van der Waals surface area contributed by atoms with E-state index in [4.69, 9.17) is 0 Å². The average molecular weight is 584 g/mol. The van der Waals surface area contributed by atoms with Crippen LogP contribution in [-0.2, 0) is 12.6 Å². The summed E-state index contributed by atoms with van der Waals surface area (Å²) in [5, 5.41) is 12.8. The minimum absolute atomic E-state index is 0.0131. The highest BCUT2D eigenvalue weighted by Crippen LogP contribution is 2.49. The van der Waals surface area contributed by atoms with Crippen molar-refractivity contribution in [3.05, 3.63) is 120 Å². The molecule has 5 nitrogen and oxygen atoms in total. The maximum absolute atomic E-state index is 14.4. The van der Waals surface area contributed by atoms with Gasteiger partial charge in [0.25, 0.3) is 0 Å². The van der Waals surface area contributed by atoms with E-state index in [9.17, 15) is 36.2 Å². The number of alkyl halides is 6. The maximum Gasteiger partial charge on any atom is 0.434 e. The Morgan fingerprint density at radius 1 is 0.929 bits per heavy atom. The smallest absolute Gasteiger partial charge is 0.434 e. The van der Waals surface area contributed by atoms with E-state index in [0.29, 0.717) is 27.6 Å². The highest BCUT2D eigenvalue weighted by Gasteiger charge is 2.52. The van der Waals surface area contributed by atoms with Gasteiger partial charge in [0.2, 0.25) is 0 Å². The summed E-state index contributed by atoms with van der Waals surface area (Å²) in [5.41, 5.74) is -1.92. The molecule has 0 aliphatic heterocycles. The molecule has 1 atom stereocenters. The first-order valence-electron chi connectivity index (χ1n) is 12.9. The van der Waals surface area contributed by atoms with Crippen LogP contribution in [0.25, 0.3) is 22.6 Å². The molecule has 1 aliphatic carbocycles. The third kappa shape index (κ3) is 5.59. The predicted octanol–water partition coefficient (Wildman–Crippen LogP) is 8.18. The SMILES string of the molecule is O=C(O)c1cnn(-c2cccc(-c3ccccc3CCC3(C(F)(F)F)C=CC(c4ccccc4)=CC3)n2)c1C(F)(F)F. The van der Waals surface area contributed by atoms with Crippen LogP contribution in [0.3, 0.4) is 0 Å². The van der Waals surface area contributed by atoms with E-state index in [1.165, 1.54) is 30.4 Å². The number of allylic oxidation sites excluding steroid dienone is 4. The average Bonchev–Trinajstić information content (AvgIpc) is 3.43. The van der Waals surface area contributed by atoms with Gasteiger partial charge < -0.3 is 5.11 Å². The van der Waals surface area contributed by atoms with Gasteiger partial charge in [0, 0.05) is 5.56 Å². The van der Waals surface area contributed by atoms with Crippen molar-refractivity contribution in [2.45, 2.75) is 31.6 Å². The second-order valence-corrected chi connectivity index (χ2v) is 9.88. The monoisotopic (exact) mass is 583 g/mol. The molecule has 2 aromatic heterocycles. The molecule has 2 aromatic carbocycles. The number of pyridine rings is 1. The zero-order valence-corrected chi connectivity index (χ0v) is 21.8. The number of carbonyl (C=O) groups is 1. The first-order valence-corrected chi connectivity index (χ1v) is 12.9. The summed E-state index contributed by atoms with van der Waals surface area (Å²) >= 11 is 0. The lowest BCUT2D eigenvalue weighted by atomic mass is 9.74. The Hall–Kier alpha value is -4.67. The Balaban J connectivity index is 1.45. The van der Waals surface area contributed by atoms with Crippen LogP contribution in [0.4, 0.5) is 26.3 Å². The highest BCUT2D eigenvalue weighted by molar-refractivity contribution is 5.89. The van der Waals surface area contributed by atoms with Crippen molar-refractivity contribution < 1.29 is 36.2 Å². The lowest BCUT2D eigenvalue weighted by Gasteiger charge is -2.35. The fraction of sp³-hybridized carbons (Fsp3) is 0.194. The molecule has 0 bridgehead atoms. The minimum atomic E-state index is -5.03. The Morgan fingerprint density at radius 3 is 2.29 bits per heavy atom. The van der Waals surface area contributed by atoms with Crippen molar-refractivity contribution in [3.63, 3.8) is 0 Å². The molecule has 5 rings (SSSR count). The molecule has 1 unspecified atom stereocenters. The molecule has 0 fully saturated rings. The van der Waals surface area contributed by atoms with Crippen LogP contribution in [0, 0.1) is 5.41 Å². The Morgan fingerprint density at radius 2 is 1.64 bits per heavy atom. The van der Waals surface area contributed by atoms with Crippen molar-refractivity contribution in [2.75, 3.05) is 0 Å². The van der Waals surface area contributed by atoms with E-state index in [1.54, 1.807) is 30.3 Å². The fourth-order valence-electron chi connectivity index (χ4n) is 5.05. The van der Waals surface area contributed by atoms with Crippen molar-refractivity contribution in [3.8, 4) is 17.1 Å². The maximum atomic E-state index is 14.4. The number of hydrogen-bond acceptors (Lipinski definition) is 3. The van der Waals surface area contributed by atoms with Gasteiger partial charge >= 0.3 is 18.3 Å². The van der Waals surface area contributed by atoms with Crippen molar-refractivity contribution >= 4 is 11.5 Å². The summed E-state index contributed by atoms with van der Waals surface area (Å²) in [6.45, 7) is 0. The van der Waals surface area contributed by atoms with E-state index >= 15 is 0 Å². The molecule has 1 N–H and O–H groups in total. The first kappa shape index (κ1) is 28.8. The number of hydrogen-bond donors (Lipinski definition) is 1. The fourth-order valence-corrected chi connectivity index (χ4v) is 5.05. The van der Waals surface area contributed by atoms with Gasteiger partial charge in [-0.3, -0.25) is 0 Å². The van der Waals surface area contributed by atoms with E-state index in [1.807, 2.05) is 30.3 Å². The zero-order valence-electron chi connectivity index (χ0n) is 21.8. The molecule has 0 saturated carbocycles. The molecule has 0 radical (unpaired) electrons. The van der Waals surface area contributed by atoms with Gasteiger partial charge in [-0.15, -0.1) is 0 Å². The Labute approximate surface area is 236 Å². The molecular formula is C31H23F6N3O2. The first-order chi connectivity index (χ1) is 19.9. The van der Waals surface area contributed by atoms with Gasteiger partial charge in [-0.25, -0.2) is 14.5 Å². The predicted molar refractivity (Wildman–Crippen MR) is 144 cm³/mol. The van der Waals surface area contributed by atoms with Crippen LogP contribution in [0.15, 0.2) is 97.2 Å². The molecule has 42 heavy (non-hydrogen) atoms. The van der Waals surface area contributed by atoms with Gasteiger partial charge in [0.05, 0.1) is 17.3 Å². The van der Waals surface area contributed by atoms with Crippen molar-refractivity contribution in [2.24, 2.45) is 5.41 Å². The molecule has 0 spiro atoms. The Bertz CT molecular complexity index is 1670. The summed E-state index contributed by atoms with van der Waals surface area (Å²) in [6, 6.07) is 19.9. The number of halogens is 6. The Kier molecular flexibility index (Phi) is 7.53. The van der Waals surface area contributed by atoms with E-state index in [-0.39, 0.29) is 30.8 Å². The van der Waals surface area contributed by atoms with Crippen LogP contribution in [0.2, 0.25) is 0 Å². The topological polar surface area (TPSA) is 68.0 Å². The number of rotatable bonds is 7.